The highest BCUT2D eigenvalue weighted by atomic mass is 16.5. The van der Waals surface area contributed by atoms with Gasteiger partial charge in [0.2, 0.25) is 0 Å². The lowest BCUT2D eigenvalue weighted by atomic mass is 9.98. The van der Waals surface area contributed by atoms with Crippen LogP contribution in [0.15, 0.2) is 24.3 Å². The Morgan fingerprint density at radius 2 is 1.94 bits per heavy atom. The first-order valence-electron chi connectivity index (χ1n) is 6.50. The number of benzene rings is 1. The van der Waals surface area contributed by atoms with Gasteiger partial charge in [-0.05, 0) is 49.3 Å². The van der Waals surface area contributed by atoms with Crippen LogP contribution >= 0.6 is 0 Å². The van der Waals surface area contributed by atoms with Crippen molar-refractivity contribution in [1.82, 2.24) is 0 Å². The van der Waals surface area contributed by atoms with Gasteiger partial charge in [-0.3, -0.25) is 0 Å². The van der Waals surface area contributed by atoms with Crippen molar-refractivity contribution in [3.05, 3.63) is 29.8 Å². The van der Waals surface area contributed by atoms with Crippen molar-refractivity contribution in [2.45, 2.75) is 51.0 Å². The van der Waals surface area contributed by atoms with Crippen LogP contribution in [0.4, 0.5) is 0 Å². The molecule has 0 saturated heterocycles. The summed E-state index contributed by atoms with van der Waals surface area (Å²) in [5.74, 6) is 1.26. The first kappa shape index (κ1) is 12.2. The van der Waals surface area contributed by atoms with Crippen LogP contribution in [0.5, 0.6) is 5.75 Å². The van der Waals surface area contributed by atoms with Gasteiger partial charge in [0, 0.05) is 6.42 Å². The topological polar surface area (TPSA) is 26.3 Å². The zero-order valence-electron chi connectivity index (χ0n) is 10.4. The van der Waals surface area contributed by atoms with Crippen LogP contribution in [0.2, 0.25) is 0 Å². The van der Waals surface area contributed by atoms with Gasteiger partial charge in [-0.15, -0.1) is 0 Å². The highest BCUT2D eigenvalue weighted by Gasteiger charge is 2.16. The van der Waals surface area contributed by atoms with Crippen LogP contribution in [-0.4, -0.2) is 12.4 Å². The van der Waals surface area contributed by atoms with Gasteiger partial charge in [-0.1, -0.05) is 19.1 Å². The van der Waals surface area contributed by atoms with Gasteiger partial charge in [-0.25, -0.2) is 0 Å². The maximum absolute atomic E-state index is 10.5. The summed E-state index contributed by atoms with van der Waals surface area (Å²) in [7, 11) is 0. The molecule has 0 radical (unpaired) electrons. The SMILES string of the molecule is CC(CC=O)c1ccc(OC2CCCC2)cc1. The summed E-state index contributed by atoms with van der Waals surface area (Å²) in [4.78, 5) is 10.5. The van der Waals surface area contributed by atoms with Crippen molar-refractivity contribution in [2.24, 2.45) is 0 Å². The molecule has 1 aliphatic carbocycles. The van der Waals surface area contributed by atoms with Crippen molar-refractivity contribution in [3.8, 4) is 5.75 Å². The second kappa shape index (κ2) is 5.85. The van der Waals surface area contributed by atoms with E-state index in [0.29, 0.717) is 18.4 Å². The van der Waals surface area contributed by atoms with Crippen LogP contribution in [0.3, 0.4) is 0 Å². The Balaban J connectivity index is 1.94. The Kier molecular flexibility index (Phi) is 4.18. The van der Waals surface area contributed by atoms with Crippen LogP contribution < -0.4 is 4.74 Å². The maximum atomic E-state index is 10.5. The molecule has 1 unspecified atom stereocenters. The number of ether oxygens (including phenoxy) is 1. The third-order valence-corrected chi connectivity index (χ3v) is 3.50. The predicted molar refractivity (Wildman–Crippen MR) is 68.4 cm³/mol. The zero-order valence-corrected chi connectivity index (χ0v) is 10.4. The van der Waals surface area contributed by atoms with E-state index in [9.17, 15) is 4.79 Å². The number of aldehydes is 1. The van der Waals surface area contributed by atoms with Gasteiger partial charge in [0.15, 0.2) is 0 Å². The molecule has 0 amide bonds. The molecular formula is C15H20O2. The largest absolute Gasteiger partial charge is 0.490 e. The molecule has 0 bridgehead atoms. The quantitative estimate of drug-likeness (QED) is 0.723. The molecule has 17 heavy (non-hydrogen) atoms. The molecule has 0 heterocycles. The minimum Gasteiger partial charge on any atom is -0.490 e. The number of carbonyl (C=O) groups excluding carboxylic acids is 1. The van der Waals surface area contributed by atoms with E-state index < -0.39 is 0 Å². The van der Waals surface area contributed by atoms with Crippen molar-refractivity contribution >= 4 is 6.29 Å². The standard InChI is InChI=1S/C15H20O2/c1-12(10-11-16)13-6-8-15(9-7-13)17-14-4-2-3-5-14/h6-9,11-12,14H,2-5,10H2,1H3. The Bertz CT molecular complexity index is 350. The summed E-state index contributed by atoms with van der Waals surface area (Å²) < 4.78 is 5.90. The van der Waals surface area contributed by atoms with Crippen molar-refractivity contribution in [2.75, 3.05) is 0 Å². The van der Waals surface area contributed by atoms with Crippen LogP contribution in [0.1, 0.15) is 50.5 Å². The minimum absolute atomic E-state index is 0.299. The fraction of sp³-hybridized carbons (Fsp3) is 0.533. The maximum Gasteiger partial charge on any atom is 0.120 e. The van der Waals surface area contributed by atoms with E-state index >= 15 is 0 Å². The Labute approximate surface area is 103 Å². The Hall–Kier alpha value is -1.31. The molecule has 2 nitrogen and oxygen atoms in total. The van der Waals surface area contributed by atoms with Crippen LogP contribution in [-0.2, 0) is 4.79 Å². The molecule has 0 aromatic heterocycles. The van der Waals surface area contributed by atoms with E-state index in [-0.39, 0.29) is 0 Å². The fourth-order valence-electron chi connectivity index (χ4n) is 2.35. The molecular weight excluding hydrogens is 212 g/mol. The highest BCUT2D eigenvalue weighted by Crippen LogP contribution is 2.26. The monoisotopic (exact) mass is 232 g/mol. The van der Waals surface area contributed by atoms with E-state index in [1.807, 2.05) is 12.1 Å². The summed E-state index contributed by atoms with van der Waals surface area (Å²) in [6.45, 7) is 2.07. The summed E-state index contributed by atoms with van der Waals surface area (Å²) in [5.41, 5.74) is 1.20. The molecule has 0 spiro atoms. The predicted octanol–water partition coefficient (Wildman–Crippen LogP) is 3.70. The van der Waals surface area contributed by atoms with E-state index in [1.54, 1.807) is 0 Å². The van der Waals surface area contributed by atoms with Gasteiger partial charge in [0.25, 0.3) is 0 Å². The molecule has 1 aliphatic rings. The van der Waals surface area contributed by atoms with E-state index in [1.165, 1.54) is 31.2 Å². The zero-order chi connectivity index (χ0) is 12.1. The third-order valence-electron chi connectivity index (χ3n) is 3.50. The van der Waals surface area contributed by atoms with E-state index in [0.717, 1.165) is 12.0 Å². The van der Waals surface area contributed by atoms with E-state index in [4.69, 9.17) is 4.74 Å². The Morgan fingerprint density at radius 1 is 1.29 bits per heavy atom. The summed E-state index contributed by atoms with van der Waals surface area (Å²) in [6, 6.07) is 8.18. The first-order valence-corrected chi connectivity index (χ1v) is 6.50. The molecule has 2 rings (SSSR count). The summed E-state index contributed by atoms with van der Waals surface area (Å²) in [6.07, 6.45) is 6.93. The lowest BCUT2D eigenvalue weighted by molar-refractivity contribution is -0.108. The summed E-state index contributed by atoms with van der Waals surface area (Å²) in [5, 5.41) is 0. The number of hydrogen-bond donors (Lipinski definition) is 0. The molecule has 1 fully saturated rings. The molecule has 1 atom stereocenters. The van der Waals surface area contributed by atoms with Crippen LogP contribution in [0, 0.1) is 0 Å². The molecule has 2 heteroatoms. The van der Waals surface area contributed by atoms with Crippen LogP contribution in [0.25, 0.3) is 0 Å². The van der Waals surface area contributed by atoms with Crippen molar-refractivity contribution in [3.63, 3.8) is 0 Å². The minimum atomic E-state index is 0.299. The molecule has 1 aromatic rings. The molecule has 1 aromatic carbocycles. The number of carbonyl (C=O) groups is 1. The lowest BCUT2D eigenvalue weighted by Gasteiger charge is -2.14. The smallest absolute Gasteiger partial charge is 0.120 e. The lowest BCUT2D eigenvalue weighted by Crippen LogP contribution is -2.10. The second-order valence-corrected chi connectivity index (χ2v) is 4.90. The summed E-state index contributed by atoms with van der Waals surface area (Å²) >= 11 is 0. The van der Waals surface area contributed by atoms with Gasteiger partial charge in [-0.2, -0.15) is 0 Å². The molecule has 92 valence electrons. The molecule has 0 N–H and O–H groups in total. The normalized spacial score (nSPS) is 17.9. The average molecular weight is 232 g/mol. The highest BCUT2D eigenvalue weighted by molar-refractivity contribution is 5.51. The van der Waals surface area contributed by atoms with Gasteiger partial charge in [0.05, 0.1) is 6.10 Å². The number of hydrogen-bond acceptors (Lipinski definition) is 2. The molecule has 0 aliphatic heterocycles. The third kappa shape index (κ3) is 3.32. The average Bonchev–Trinajstić information content (AvgIpc) is 2.83. The number of rotatable bonds is 5. The van der Waals surface area contributed by atoms with Gasteiger partial charge >= 0.3 is 0 Å². The van der Waals surface area contributed by atoms with Crippen molar-refractivity contribution in [1.29, 1.82) is 0 Å². The van der Waals surface area contributed by atoms with Crippen molar-refractivity contribution < 1.29 is 9.53 Å². The fourth-order valence-corrected chi connectivity index (χ4v) is 2.35. The Morgan fingerprint density at radius 3 is 2.53 bits per heavy atom. The second-order valence-electron chi connectivity index (χ2n) is 4.90. The molecule has 1 saturated carbocycles. The van der Waals surface area contributed by atoms with Gasteiger partial charge < -0.3 is 9.53 Å². The first-order chi connectivity index (χ1) is 8.29. The van der Waals surface area contributed by atoms with E-state index in [2.05, 4.69) is 19.1 Å². The van der Waals surface area contributed by atoms with Gasteiger partial charge in [0.1, 0.15) is 12.0 Å².